The van der Waals surface area contributed by atoms with Crippen LogP contribution >= 0.6 is 0 Å². The molecule has 1 aliphatic heterocycles. The van der Waals surface area contributed by atoms with E-state index in [4.69, 9.17) is 5.73 Å². The third-order valence-electron chi connectivity index (χ3n) is 3.71. The molecule has 2 rings (SSSR count). The lowest BCUT2D eigenvalue weighted by Gasteiger charge is -2.33. The van der Waals surface area contributed by atoms with Crippen LogP contribution in [0.15, 0.2) is 30.3 Å². The number of amides is 2. The predicted octanol–water partition coefficient (Wildman–Crippen LogP) is -0.377. The standard InChI is InChI=1S/C15H22N4O2/c1-11(12-5-3-2-4-6-12)18-14(20)10-19-8-7-17-9-13(19)15(16)21/h2-6,11,13,17H,7-10H2,1H3,(H2,16,21)(H,18,20). The Morgan fingerprint density at radius 1 is 1.43 bits per heavy atom. The van der Waals surface area contributed by atoms with E-state index in [2.05, 4.69) is 10.6 Å². The number of hydrogen-bond acceptors (Lipinski definition) is 4. The fourth-order valence-electron chi connectivity index (χ4n) is 2.51. The second-order valence-electron chi connectivity index (χ2n) is 5.29. The molecule has 1 heterocycles. The largest absolute Gasteiger partial charge is 0.368 e. The van der Waals surface area contributed by atoms with Crippen LogP contribution in [0.2, 0.25) is 0 Å². The first kappa shape index (κ1) is 15.5. The summed E-state index contributed by atoms with van der Waals surface area (Å²) >= 11 is 0. The number of piperazine rings is 1. The molecule has 21 heavy (non-hydrogen) atoms. The van der Waals surface area contributed by atoms with Crippen molar-refractivity contribution >= 4 is 11.8 Å². The highest BCUT2D eigenvalue weighted by Gasteiger charge is 2.28. The van der Waals surface area contributed by atoms with E-state index < -0.39 is 11.9 Å². The lowest BCUT2D eigenvalue weighted by atomic mass is 10.1. The maximum absolute atomic E-state index is 12.1. The van der Waals surface area contributed by atoms with Crippen LogP contribution in [-0.4, -0.2) is 48.9 Å². The molecule has 1 aromatic carbocycles. The number of nitrogens with two attached hydrogens (primary N) is 1. The van der Waals surface area contributed by atoms with E-state index in [9.17, 15) is 9.59 Å². The molecule has 4 N–H and O–H groups in total. The van der Waals surface area contributed by atoms with E-state index >= 15 is 0 Å². The van der Waals surface area contributed by atoms with Gasteiger partial charge in [-0.3, -0.25) is 14.5 Å². The molecular formula is C15H22N4O2. The molecule has 0 bridgehead atoms. The summed E-state index contributed by atoms with van der Waals surface area (Å²) < 4.78 is 0. The van der Waals surface area contributed by atoms with E-state index in [0.717, 1.165) is 12.1 Å². The minimum absolute atomic E-state index is 0.0614. The van der Waals surface area contributed by atoms with Gasteiger partial charge in [-0.15, -0.1) is 0 Å². The number of primary amides is 1. The minimum Gasteiger partial charge on any atom is -0.368 e. The van der Waals surface area contributed by atoms with Gasteiger partial charge >= 0.3 is 0 Å². The lowest BCUT2D eigenvalue weighted by molar-refractivity contribution is -0.127. The number of benzene rings is 1. The SMILES string of the molecule is CC(NC(=O)CN1CCNCC1C(N)=O)c1ccccc1. The average Bonchev–Trinajstić information content (AvgIpc) is 2.48. The van der Waals surface area contributed by atoms with E-state index in [1.165, 1.54) is 0 Å². The molecule has 0 aliphatic carbocycles. The van der Waals surface area contributed by atoms with Gasteiger partial charge in [0.2, 0.25) is 11.8 Å². The molecule has 6 nitrogen and oxygen atoms in total. The maximum Gasteiger partial charge on any atom is 0.236 e. The quantitative estimate of drug-likeness (QED) is 0.690. The predicted molar refractivity (Wildman–Crippen MR) is 80.4 cm³/mol. The van der Waals surface area contributed by atoms with Crippen LogP contribution in [0.3, 0.4) is 0 Å². The topological polar surface area (TPSA) is 87.5 Å². The van der Waals surface area contributed by atoms with Gasteiger partial charge in [0.15, 0.2) is 0 Å². The smallest absolute Gasteiger partial charge is 0.236 e. The van der Waals surface area contributed by atoms with Crippen molar-refractivity contribution in [2.75, 3.05) is 26.2 Å². The molecule has 114 valence electrons. The molecule has 1 aliphatic rings. The maximum atomic E-state index is 12.1. The Morgan fingerprint density at radius 3 is 2.81 bits per heavy atom. The van der Waals surface area contributed by atoms with Crippen molar-refractivity contribution in [2.45, 2.75) is 19.0 Å². The Balaban J connectivity index is 1.90. The van der Waals surface area contributed by atoms with Crippen LogP contribution in [0.1, 0.15) is 18.5 Å². The van der Waals surface area contributed by atoms with Crippen LogP contribution < -0.4 is 16.4 Å². The summed E-state index contributed by atoms with van der Waals surface area (Å²) in [6.07, 6.45) is 0. The first-order chi connectivity index (χ1) is 10.1. The Hall–Kier alpha value is -1.92. The number of nitrogens with one attached hydrogen (secondary N) is 2. The van der Waals surface area contributed by atoms with Crippen LogP contribution in [0, 0.1) is 0 Å². The van der Waals surface area contributed by atoms with Crippen LogP contribution in [0.25, 0.3) is 0 Å². The van der Waals surface area contributed by atoms with Crippen molar-refractivity contribution in [3.63, 3.8) is 0 Å². The molecule has 1 saturated heterocycles. The van der Waals surface area contributed by atoms with Gasteiger partial charge in [-0.25, -0.2) is 0 Å². The number of carbonyl (C=O) groups excluding carboxylic acids is 2. The summed E-state index contributed by atoms with van der Waals surface area (Å²) in [7, 11) is 0. The zero-order valence-electron chi connectivity index (χ0n) is 12.2. The Morgan fingerprint density at radius 2 is 2.14 bits per heavy atom. The molecule has 2 atom stereocenters. The number of carbonyl (C=O) groups is 2. The van der Waals surface area contributed by atoms with Crippen LogP contribution in [-0.2, 0) is 9.59 Å². The van der Waals surface area contributed by atoms with Gasteiger partial charge in [0.05, 0.1) is 12.6 Å². The van der Waals surface area contributed by atoms with Crippen LogP contribution in [0.5, 0.6) is 0 Å². The zero-order valence-corrected chi connectivity index (χ0v) is 12.2. The molecule has 1 fully saturated rings. The van der Waals surface area contributed by atoms with E-state index in [1.807, 2.05) is 42.2 Å². The van der Waals surface area contributed by atoms with Gasteiger partial charge in [0.1, 0.15) is 6.04 Å². The summed E-state index contributed by atoms with van der Waals surface area (Å²) in [6.45, 7) is 4.02. The summed E-state index contributed by atoms with van der Waals surface area (Å²) in [5, 5.41) is 6.06. The molecule has 0 aromatic heterocycles. The van der Waals surface area contributed by atoms with Crippen molar-refractivity contribution < 1.29 is 9.59 Å². The molecule has 2 unspecified atom stereocenters. The minimum atomic E-state index is -0.420. The second kappa shape index (κ2) is 7.19. The van der Waals surface area contributed by atoms with Crippen molar-refractivity contribution in [1.29, 1.82) is 0 Å². The molecule has 1 aromatic rings. The van der Waals surface area contributed by atoms with E-state index in [-0.39, 0.29) is 18.5 Å². The Bertz CT molecular complexity index is 492. The average molecular weight is 290 g/mol. The van der Waals surface area contributed by atoms with Gasteiger partial charge in [-0.1, -0.05) is 30.3 Å². The number of hydrogen-bond donors (Lipinski definition) is 3. The van der Waals surface area contributed by atoms with Gasteiger partial charge in [0, 0.05) is 19.6 Å². The first-order valence-electron chi connectivity index (χ1n) is 7.16. The van der Waals surface area contributed by atoms with Gasteiger partial charge in [-0.05, 0) is 12.5 Å². The van der Waals surface area contributed by atoms with Crippen molar-refractivity contribution in [1.82, 2.24) is 15.5 Å². The van der Waals surface area contributed by atoms with Crippen molar-refractivity contribution in [3.8, 4) is 0 Å². The highest BCUT2D eigenvalue weighted by atomic mass is 16.2. The summed E-state index contributed by atoms with van der Waals surface area (Å²) in [6, 6.07) is 9.29. The third kappa shape index (κ3) is 4.27. The summed E-state index contributed by atoms with van der Waals surface area (Å²) in [5.41, 5.74) is 6.43. The van der Waals surface area contributed by atoms with Gasteiger partial charge < -0.3 is 16.4 Å². The molecule has 0 saturated carbocycles. The highest BCUT2D eigenvalue weighted by Crippen LogP contribution is 2.11. The Labute approximate surface area is 124 Å². The third-order valence-corrected chi connectivity index (χ3v) is 3.71. The number of nitrogens with zero attached hydrogens (tertiary/aromatic N) is 1. The number of rotatable bonds is 5. The first-order valence-corrected chi connectivity index (χ1v) is 7.16. The molecule has 0 spiro atoms. The summed E-state index contributed by atoms with van der Waals surface area (Å²) in [4.78, 5) is 25.4. The van der Waals surface area contributed by atoms with Crippen molar-refractivity contribution in [2.24, 2.45) is 5.73 Å². The van der Waals surface area contributed by atoms with Crippen LogP contribution in [0.4, 0.5) is 0 Å². The molecular weight excluding hydrogens is 268 g/mol. The van der Waals surface area contributed by atoms with E-state index in [1.54, 1.807) is 0 Å². The Kier molecular flexibility index (Phi) is 5.30. The summed E-state index contributed by atoms with van der Waals surface area (Å²) in [5.74, 6) is -0.495. The van der Waals surface area contributed by atoms with Gasteiger partial charge in [-0.2, -0.15) is 0 Å². The van der Waals surface area contributed by atoms with Crippen molar-refractivity contribution in [3.05, 3.63) is 35.9 Å². The zero-order chi connectivity index (χ0) is 15.2. The normalized spacial score (nSPS) is 20.7. The second-order valence-corrected chi connectivity index (χ2v) is 5.29. The fourth-order valence-corrected chi connectivity index (χ4v) is 2.51. The van der Waals surface area contributed by atoms with Gasteiger partial charge in [0.25, 0.3) is 0 Å². The molecule has 6 heteroatoms. The molecule has 0 radical (unpaired) electrons. The van der Waals surface area contributed by atoms with E-state index in [0.29, 0.717) is 13.1 Å². The highest BCUT2D eigenvalue weighted by molar-refractivity contribution is 5.83. The lowest BCUT2D eigenvalue weighted by Crippen LogP contribution is -2.58. The molecule has 2 amide bonds. The fraction of sp³-hybridized carbons (Fsp3) is 0.467. The monoisotopic (exact) mass is 290 g/mol.